The molecule has 0 saturated carbocycles. The van der Waals surface area contributed by atoms with Crippen LogP contribution in [0.5, 0.6) is 0 Å². The molecule has 1 atom stereocenters. The van der Waals surface area contributed by atoms with Gasteiger partial charge in [-0.1, -0.05) is 78.9 Å². The zero-order chi connectivity index (χ0) is 25.3. The minimum absolute atomic E-state index is 0.163. The minimum Gasteiger partial charge on any atom is -0.455 e. The Balaban J connectivity index is 1.32. The van der Waals surface area contributed by atoms with Crippen LogP contribution >= 0.6 is 0 Å². The van der Waals surface area contributed by atoms with E-state index >= 15 is 0 Å². The first kappa shape index (κ1) is 24.7. The molecule has 1 N–H and O–H groups in total. The minimum atomic E-state index is -0.654. The van der Waals surface area contributed by atoms with Gasteiger partial charge in [0, 0.05) is 25.2 Å². The molecule has 3 aromatic rings. The van der Waals surface area contributed by atoms with E-state index in [2.05, 4.69) is 5.32 Å². The van der Waals surface area contributed by atoms with Crippen LogP contribution in [0.3, 0.4) is 0 Å². The Labute approximate surface area is 209 Å². The van der Waals surface area contributed by atoms with Crippen molar-refractivity contribution in [2.45, 2.75) is 19.0 Å². The first-order valence-corrected chi connectivity index (χ1v) is 11.7. The van der Waals surface area contributed by atoms with E-state index in [9.17, 15) is 19.2 Å². The highest BCUT2D eigenvalue weighted by Gasteiger charge is 2.33. The van der Waals surface area contributed by atoms with Crippen molar-refractivity contribution in [3.05, 3.63) is 108 Å². The molecule has 36 heavy (non-hydrogen) atoms. The van der Waals surface area contributed by atoms with Gasteiger partial charge < -0.3 is 15.0 Å². The number of carbonyl (C=O) groups excluding carboxylic acids is 4. The lowest BCUT2D eigenvalue weighted by Gasteiger charge is -2.20. The zero-order valence-electron chi connectivity index (χ0n) is 19.7. The zero-order valence-corrected chi connectivity index (χ0v) is 19.7. The number of hydrogen-bond donors (Lipinski definition) is 1. The van der Waals surface area contributed by atoms with E-state index in [4.69, 9.17) is 4.74 Å². The van der Waals surface area contributed by atoms with Crippen LogP contribution in [0, 0.1) is 0 Å². The summed E-state index contributed by atoms with van der Waals surface area (Å²) in [5.41, 5.74) is 2.17. The second-order valence-corrected chi connectivity index (χ2v) is 8.40. The summed E-state index contributed by atoms with van der Waals surface area (Å²) in [4.78, 5) is 53.2. The van der Waals surface area contributed by atoms with E-state index in [0.717, 1.165) is 16.0 Å². The summed E-state index contributed by atoms with van der Waals surface area (Å²) in [5, 5.41) is 2.86. The molecule has 184 valence electrons. The van der Waals surface area contributed by atoms with Crippen molar-refractivity contribution in [1.29, 1.82) is 0 Å². The summed E-state index contributed by atoms with van der Waals surface area (Å²) >= 11 is 0. The largest absolute Gasteiger partial charge is 0.455 e. The molecule has 3 aromatic carbocycles. The number of nitrogens with zero attached hydrogens (tertiary/aromatic N) is 2. The second kappa shape index (κ2) is 11.8. The molecule has 0 radical (unpaired) electrons. The molecule has 1 aliphatic rings. The van der Waals surface area contributed by atoms with Gasteiger partial charge in [0.2, 0.25) is 0 Å². The maximum atomic E-state index is 12.7. The van der Waals surface area contributed by atoms with E-state index in [-0.39, 0.29) is 18.9 Å². The van der Waals surface area contributed by atoms with Crippen molar-refractivity contribution in [3.8, 4) is 0 Å². The van der Waals surface area contributed by atoms with Gasteiger partial charge in [-0.15, -0.1) is 0 Å². The van der Waals surface area contributed by atoms with Crippen molar-refractivity contribution in [2.24, 2.45) is 0 Å². The molecular formula is C28H27N3O5. The van der Waals surface area contributed by atoms with E-state index in [1.165, 1.54) is 0 Å². The molecule has 1 heterocycles. The predicted molar refractivity (Wildman–Crippen MR) is 133 cm³/mol. The van der Waals surface area contributed by atoms with Gasteiger partial charge in [-0.05, 0) is 23.3 Å². The van der Waals surface area contributed by atoms with Gasteiger partial charge in [-0.3, -0.25) is 19.3 Å². The molecule has 8 heteroatoms. The van der Waals surface area contributed by atoms with Crippen molar-refractivity contribution in [1.82, 2.24) is 15.1 Å². The number of amides is 4. The first-order chi connectivity index (χ1) is 17.5. The third kappa shape index (κ3) is 6.35. The fourth-order valence-electron chi connectivity index (χ4n) is 3.98. The monoisotopic (exact) mass is 485 g/mol. The second-order valence-electron chi connectivity index (χ2n) is 8.40. The Bertz CT molecular complexity index is 1200. The number of ether oxygens (including phenoxy) is 1. The van der Waals surface area contributed by atoms with Crippen LogP contribution in [-0.2, 0) is 20.9 Å². The summed E-state index contributed by atoms with van der Waals surface area (Å²) in [7, 11) is 0. The third-order valence-corrected chi connectivity index (χ3v) is 5.88. The van der Waals surface area contributed by atoms with Gasteiger partial charge in [0.1, 0.15) is 0 Å². The van der Waals surface area contributed by atoms with Crippen molar-refractivity contribution in [2.75, 3.05) is 19.7 Å². The Morgan fingerprint density at radius 3 is 2.11 bits per heavy atom. The quantitative estimate of drug-likeness (QED) is 0.468. The number of urea groups is 1. The van der Waals surface area contributed by atoms with Gasteiger partial charge >= 0.3 is 12.0 Å². The lowest BCUT2D eigenvalue weighted by atomic mass is 10.0. The summed E-state index contributed by atoms with van der Waals surface area (Å²) in [6.07, 6.45) is -0.163. The van der Waals surface area contributed by atoms with Crippen LogP contribution in [0.1, 0.15) is 33.9 Å². The first-order valence-electron chi connectivity index (χ1n) is 11.7. The normalized spacial score (nSPS) is 13.8. The Kier molecular flexibility index (Phi) is 8.08. The van der Waals surface area contributed by atoms with Crippen LogP contribution in [0.4, 0.5) is 4.79 Å². The molecule has 1 aliphatic heterocycles. The Morgan fingerprint density at radius 1 is 0.833 bits per heavy atom. The highest BCUT2D eigenvalue weighted by molar-refractivity contribution is 5.97. The Hall–Kier alpha value is -4.46. The van der Waals surface area contributed by atoms with Crippen LogP contribution in [0.2, 0.25) is 0 Å². The number of esters is 1. The van der Waals surface area contributed by atoms with E-state index in [1.54, 1.807) is 41.3 Å². The molecule has 0 bridgehead atoms. The van der Waals surface area contributed by atoms with Gasteiger partial charge in [-0.2, -0.15) is 0 Å². The SMILES string of the molecule is O=C(CC(NC(=O)c1ccccc1)c1ccccc1)OCC(=O)N1CCN(Cc2ccccc2)C1=O. The van der Waals surface area contributed by atoms with Gasteiger partial charge in [0.05, 0.1) is 12.5 Å². The average Bonchev–Trinajstić information content (AvgIpc) is 3.28. The fourth-order valence-corrected chi connectivity index (χ4v) is 3.98. The summed E-state index contributed by atoms with van der Waals surface area (Å²) in [6.45, 7) is 0.512. The standard InChI is InChI=1S/C28H27N3O5/c32-25(31-17-16-30(28(31)35)19-21-10-4-1-5-11-21)20-36-26(33)18-24(22-12-6-2-7-13-22)29-27(34)23-14-8-3-9-15-23/h1-15,24H,16-20H2,(H,29,34). The van der Waals surface area contributed by atoms with Crippen LogP contribution in [0.25, 0.3) is 0 Å². The molecule has 4 amide bonds. The summed E-state index contributed by atoms with van der Waals surface area (Å²) < 4.78 is 5.21. The molecule has 1 unspecified atom stereocenters. The summed E-state index contributed by atoms with van der Waals surface area (Å²) in [5.74, 6) is -1.55. The number of hydrogen-bond acceptors (Lipinski definition) is 5. The van der Waals surface area contributed by atoms with Crippen LogP contribution in [-0.4, -0.2) is 53.3 Å². The van der Waals surface area contributed by atoms with Crippen molar-refractivity contribution >= 4 is 23.8 Å². The molecule has 4 rings (SSSR count). The lowest BCUT2D eigenvalue weighted by molar-refractivity contribution is -0.151. The number of imide groups is 1. The molecule has 8 nitrogen and oxygen atoms in total. The smallest absolute Gasteiger partial charge is 0.327 e. The topological polar surface area (TPSA) is 96.0 Å². The Morgan fingerprint density at radius 2 is 1.44 bits per heavy atom. The third-order valence-electron chi connectivity index (χ3n) is 5.88. The molecular weight excluding hydrogens is 458 g/mol. The maximum absolute atomic E-state index is 12.7. The number of carbonyl (C=O) groups is 4. The summed E-state index contributed by atoms with van der Waals surface area (Å²) in [6, 6.07) is 26.2. The van der Waals surface area contributed by atoms with Gasteiger partial charge in [-0.25, -0.2) is 4.79 Å². The van der Waals surface area contributed by atoms with Gasteiger partial charge in [0.25, 0.3) is 11.8 Å². The lowest BCUT2D eigenvalue weighted by Crippen LogP contribution is -2.38. The van der Waals surface area contributed by atoms with E-state index in [1.807, 2.05) is 54.6 Å². The number of rotatable bonds is 9. The molecule has 1 saturated heterocycles. The van der Waals surface area contributed by atoms with Gasteiger partial charge in [0.15, 0.2) is 6.61 Å². The fraction of sp³-hybridized carbons (Fsp3) is 0.214. The number of nitrogens with one attached hydrogen (secondary N) is 1. The number of benzene rings is 3. The van der Waals surface area contributed by atoms with E-state index in [0.29, 0.717) is 18.7 Å². The average molecular weight is 486 g/mol. The van der Waals surface area contributed by atoms with Crippen molar-refractivity contribution in [3.63, 3.8) is 0 Å². The molecule has 0 aliphatic carbocycles. The van der Waals surface area contributed by atoms with Crippen LogP contribution < -0.4 is 5.32 Å². The van der Waals surface area contributed by atoms with Crippen LogP contribution in [0.15, 0.2) is 91.0 Å². The molecule has 0 aromatic heterocycles. The highest BCUT2D eigenvalue weighted by atomic mass is 16.5. The van der Waals surface area contributed by atoms with Crippen molar-refractivity contribution < 1.29 is 23.9 Å². The van der Waals surface area contributed by atoms with E-state index < -0.39 is 30.6 Å². The highest BCUT2D eigenvalue weighted by Crippen LogP contribution is 2.19. The predicted octanol–water partition coefficient (Wildman–Crippen LogP) is 3.56. The molecule has 0 spiro atoms. The molecule has 1 fully saturated rings. The maximum Gasteiger partial charge on any atom is 0.327 e.